The molecule has 18 heavy (non-hydrogen) atoms. The van der Waals surface area contributed by atoms with Gasteiger partial charge in [0.25, 0.3) is 0 Å². The molecule has 0 aromatic heterocycles. The van der Waals surface area contributed by atoms with Gasteiger partial charge in [-0.15, -0.1) is 0 Å². The number of hydrogen-bond acceptors (Lipinski definition) is 2. The third-order valence-corrected chi connectivity index (χ3v) is 4.53. The smallest absolute Gasteiger partial charge is 0.0278 e. The molecule has 2 heteroatoms. The zero-order valence-corrected chi connectivity index (χ0v) is 13.6. The van der Waals surface area contributed by atoms with E-state index in [1.165, 1.54) is 25.9 Å². The van der Waals surface area contributed by atoms with Gasteiger partial charge in [0, 0.05) is 24.7 Å². The molecule has 2 nitrogen and oxygen atoms in total. The van der Waals surface area contributed by atoms with E-state index in [1.807, 2.05) is 0 Å². The van der Waals surface area contributed by atoms with Gasteiger partial charge in [-0.25, -0.2) is 0 Å². The molecule has 1 rings (SSSR count). The Morgan fingerprint density at radius 2 is 1.94 bits per heavy atom. The van der Waals surface area contributed by atoms with Crippen LogP contribution in [0.5, 0.6) is 0 Å². The molecule has 0 spiro atoms. The fourth-order valence-electron chi connectivity index (χ4n) is 2.57. The van der Waals surface area contributed by atoms with Crippen molar-refractivity contribution in [3.63, 3.8) is 0 Å². The highest BCUT2D eigenvalue weighted by atomic mass is 15.3. The Bertz CT molecular complexity index is 252. The minimum Gasteiger partial charge on any atom is -0.311 e. The van der Waals surface area contributed by atoms with Crippen LogP contribution in [0.25, 0.3) is 0 Å². The van der Waals surface area contributed by atoms with Crippen LogP contribution in [0, 0.1) is 11.3 Å². The first kappa shape index (κ1) is 16.0. The van der Waals surface area contributed by atoms with Crippen molar-refractivity contribution < 1.29 is 0 Å². The van der Waals surface area contributed by atoms with Crippen molar-refractivity contribution in [2.75, 3.05) is 19.6 Å². The van der Waals surface area contributed by atoms with Crippen LogP contribution >= 0.6 is 0 Å². The van der Waals surface area contributed by atoms with Crippen molar-refractivity contribution in [3.05, 3.63) is 0 Å². The van der Waals surface area contributed by atoms with Gasteiger partial charge in [-0.05, 0) is 38.1 Å². The maximum atomic E-state index is 3.75. The molecule has 0 aromatic rings. The summed E-state index contributed by atoms with van der Waals surface area (Å²) < 4.78 is 0. The molecule has 2 unspecified atom stereocenters. The summed E-state index contributed by atoms with van der Waals surface area (Å²) in [6, 6.07) is 0.669. The molecule has 0 bridgehead atoms. The molecule has 0 saturated carbocycles. The molecule has 0 radical (unpaired) electrons. The average Bonchev–Trinajstić information content (AvgIpc) is 2.25. The first-order valence-corrected chi connectivity index (χ1v) is 7.64. The minimum atomic E-state index is 0.301. The van der Waals surface area contributed by atoms with E-state index in [4.69, 9.17) is 0 Å². The van der Waals surface area contributed by atoms with Gasteiger partial charge in [0.15, 0.2) is 0 Å². The number of nitrogens with zero attached hydrogens (tertiary/aromatic N) is 1. The summed E-state index contributed by atoms with van der Waals surface area (Å²) in [6.07, 6.45) is 2.55. The topological polar surface area (TPSA) is 15.3 Å². The van der Waals surface area contributed by atoms with Crippen LogP contribution in [0.3, 0.4) is 0 Å². The molecule has 1 N–H and O–H groups in total. The second-order valence-corrected chi connectivity index (χ2v) is 7.94. The van der Waals surface area contributed by atoms with Gasteiger partial charge in [-0.2, -0.15) is 0 Å². The Kier molecular flexibility index (Phi) is 5.25. The lowest BCUT2D eigenvalue weighted by molar-refractivity contribution is 0.0430. The largest absolute Gasteiger partial charge is 0.311 e. The lowest BCUT2D eigenvalue weighted by atomic mass is 9.88. The highest BCUT2D eigenvalue weighted by Gasteiger charge is 2.35. The van der Waals surface area contributed by atoms with Gasteiger partial charge in [-0.3, -0.25) is 4.90 Å². The van der Waals surface area contributed by atoms with Crippen LogP contribution in [-0.2, 0) is 0 Å². The van der Waals surface area contributed by atoms with E-state index in [-0.39, 0.29) is 0 Å². The monoisotopic (exact) mass is 254 g/mol. The van der Waals surface area contributed by atoms with Crippen LogP contribution < -0.4 is 5.32 Å². The Hall–Kier alpha value is -0.0800. The molecule has 2 atom stereocenters. The van der Waals surface area contributed by atoms with Gasteiger partial charge >= 0.3 is 0 Å². The van der Waals surface area contributed by atoms with E-state index in [9.17, 15) is 0 Å². The van der Waals surface area contributed by atoms with Crippen LogP contribution in [0.4, 0.5) is 0 Å². The zero-order chi connectivity index (χ0) is 14.0. The van der Waals surface area contributed by atoms with Gasteiger partial charge < -0.3 is 5.32 Å². The fraction of sp³-hybridized carbons (Fsp3) is 1.00. The highest BCUT2D eigenvalue weighted by Crippen LogP contribution is 2.26. The Balaban J connectivity index is 2.60. The SMILES string of the molecule is CCC(C)C1CN(CCC(C)(C)C)C(C)(C)CN1. The van der Waals surface area contributed by atoms with Crippen molar-refractivity contribution in [2.24, 2.45) is 11.3 Å². The van der Waals surface area contributed by atoms with Crippen molar-refractivity contribution in [2.45, 2.75) is 72.9 Å². The molecule has 1 aliphatic rings. The molecule has 1 heterocycles. The molecule has 1 saturated heterocycles. The number of rotatable bonds is 4. The van der Waals surface area contributed by atoms with Crippen molar-refractivity contribution in [3.8, 4) is 0 Å². The standard InChI is InChI=1S/C16H34N2/c1-8-13(2)14-11-18(10-9-15(3,4)5)16(6,7)12-17-14/h13-14,17H,8-12H2,1-7H3. The predicted octanol–water partition coefficient (Wildman–Crippen LogP) is 3.52. The van der Waals surface area contributed by atoms with E-state index in [2.05, 4.69) is 58.7 Å². The van der Waals surface area contributed by atoms with E-state index >= 15 is 0 Å². The van der Waals surface area contributed by atoms with Gasteiger partial charge in [-0.1, -0.05) is 41.0 Å². The van der Waals surface area contributed by atoms with Gasteiger partial charge in [0.1, 0.15) is 0 Å². The molecule has 0 aromatic carbocycles. The second-order valence-electron chi connectivity index (χ2n) is 7.94. The second kappa shape index (κ2) is 5.92. The summed E-state index contributed by atoms with van der Waals surface area (Å²) >= 11 is 0. The lowest BCUT2D eigenvalue weighted by Gasteiger charge is -2.48. The van der Waals surface area contributed by atoms with Crippen LogP contribution in [0.15, 0.2) is 0 Å². The molecule has 108 valence electrons. The van der Waals surface area contributed by atoms with E-state index in [0.717, 1.165) is 12.5 Å². The normalized spacial score (nSPS) is 27.2. The predicted molar refractivity (Wildman–Crippen MR) is 81.0 cm³/mol. The van der Waals surface area contributed by atoms with E-state index in [1.54, 1.807) is 0 Å². The van der Waals surface area contributed by atoms with Crippen molar-refractivity contribution >= 4 is 0 Å². The Morgan fingerprint density at radius 3 is 2.44 bits per heavy atom. The third-order valence-electron chi connectivity index (χ3n) is 4.53. The zero-order valence-electron chi connectivity index (χ0n) is 13.6. The molecule has 0 aliphatic carbocycles. The quantitative estimate of drug-likeness (QED) is 0.826. The number of hydrogen-bond donors (Lipinski definition) is 1. The van der Waals surface area contributed by atoms with Crippen molar-refractivity contribution in [1.29, 1.82) is 0 Å². The number of piperazine rings is 1. The Labute approximate surface area is 115 Å². The molecule has 0 amide bonds. The average molecular weight is 254 g/mol. The third kappa shape index (κ3) is 4.55. The van der Waals surface area contributed by atoms with E-state index < -0.39 is 0 Å². The maximum absolute atomic E-state index is 3.75. The fourth-order valence-corrected chi connectivity index (χ4v) is 2.57. The summed E-state index contributed by atoms with van der Waals surface area (Å²) in [4.78, 5) is 2.70. The molecular weight excluding hydrogens is 220 g/mol. The van der Waals surface area contributed by atoms with Crippen LogP contribution in [-0.4, -0.2) is 36.1 Å². The minimum absolute atomic E-state index is 0.301. The maximum Gasteiger partial charge on any atom is 0.0278 e. The summed E-state index contributed by atoms with van der Waals surface area (Å²) in [5, 5.41) is 3.75. The summed E-state index contributed by atoms with van der Waals surface area (Å²) in [5.74, 6) is 0.776. The van der Waals surface area contributed by atoms with Crippen molar-refractivity contribution in [1.82, 2.24) is 10.2 Å². The highest BCUT2D eigenvalue weighted by molar-refractivity contribution is 4.94. The van der Waals surface area contributed by atoms with Crippen LogP contribution in [0.2, 0.25) is 0 Å². The first-order valence-electron chi connectivity index (χ1n) is 7.64. The van der Waals surface area contributed by atoms with Crippen LogP contribution in [0.1, 0.15) is 61.3 Å². The van der Waals surface area contributed by atoms with E-state index in [0.29, 0.717) is 17.0 Å². The summed E-state index contributed by atoms with van der Waals surface area (Å²) in [7, 11) is 0. The summed E-state index contributed by atoms with van der Waals surface area (Å²) in [5.41, 5.74) is 0.738. The molecular formula is C16H34N2. The van der Waals surface area contributed by atoms with Gasteiger partial charge in [0.2, 0.25) is 0 Å². The Morgan fingerprint density at radius 1 is 1.33 bits per heavy atom. The lowest BCUT2D eigenvalue weighted by Crippen LogP contribution is -2.63. The van der Waals surface area contributed by atoms with Gasteiger partial charge in [0.05, 0.1) is 0 Å². The molecule has 1 fully saturated rings. The molecule has 1 aliphatic heterocycles. The first-order chi connectivity index (χ1) is 8.15. The number of nitrogens with one attached hydrogen (secondary N) is 1. The summed E-state index contributed by atoms with van der Waals surface area (Å²) in [6.45, 7) is 20.0.